The first-order chi connectivity index (χ1) is 14.6. The predicted molar refractivity (Wildman–Crippen MR) is 126 cm³/mol. The molecule has 1 aromatic carbocycles. The summed E-state index contributed by atoms with van der Waals surface area (Å²) in [5, 5.41) is 4.30. The lowest BCUT2D eigenvalue weighted by molar-refractivity contribution is -0.125. The number of benzene rings is 1. The van der Waals surface area contributed by atoms with E-state index in [0.29, 0.717) is 0 Å². The number of piperidine rings is 2. The molecule has 3 heterocycles. The zero-order valence-electron chi connectivity index (χ0n) is 18.5. The fourth-order valence-corrected chi connectivity index (χ4v) is 5.87. The molecule has 1 atom stereocenters. The molecule has 2 aliphatic heterocycles. The van der Waals surface area contributed by atoms with Gasteiger partial charge in [-0.3, -0.25) is 4.79 Å². The highest BCUT2D eigenvalue weighted by Crippen LogP contribution is 2.32. The zero-order chi connectivity index (χ0) is 20.9. The number of anilines is 1. The van der Waals surface area contributed by atoms with Crippen LogP contribution in [0.4, 0.5) is 5.13 Å². The van der Waals surface area contributed by atoms with Crippen LogP contribution in [0.2, 0.25) is 0 Å². The fourth-order valence-electron chi connectivity index (χ4n) is 4.79. The number of likely N-dealkylation sites (tertiary alicyclic amines) is 1. The predicted octanol–water partition coefficient (Wildman–Crippen LogP) is 4.31. The number of carbonyl (C=O) groups is 1. The van der Waals surface area contributed by atoms with Crippen molar-refractivity contribution in [3.63, 3.8) is 0 Å². The smallest absolute Gasteiger partial charge is 0.223 e. The lowest BCUT2D eigenvalue weighted by Gasteiger charge is -2.31. The Morgan fingerprint density at radius 2 is 2.07 bits per heavy atom. The summed E-state index contributed by atoms with van der Waals surface area (Å²) in [6, 6.07) is 6.58. The topological polar surface area (TPSA) is 48.5 Å². The van der Waals surface area contributed by atoms with Crippen LogP contribution in [0.25, 0.3) is 10.2 Å². The number of thiazole rings is 1. The minimum atomic E-state index is 0.150. The van der Waals surface area contributed by atoms with Crippen LogP contribution in [0, 0.1) is 11.8 Å². The minimum Gasteiger partial charge on any atom is -0.356 e. The van der Waals surface area contributed by atoms with Crippen molar-refractivity contribution in [2.75, 3.05) is 44.2 Å². The summed E-state index contributed by atoms with van der Waals surface area (Å²) in [4.78, 5) is 22.3. The number of nitrogens with one attached hydrogen (secondary N) is 1. The molecule has 1 unspecified atom stereocenters. The Kier molecular flexibility index (Phi) is 7.26. The van der Waals surface area contributed by atoms with Crippen LogP contribution >= 0.6 is 11.3 Å². The quantitative estimate of drug-likeness (QED) is 0.668. The van der Waals surface area contributed by atoms with E-state index < -0.39 is 0 Å². The van der Waals surface area contributed by atoms with Crippen molar-refractivity contribution >= 4 is 32.6 Å². The molecular formula is C24H36N4OS. The van der Waals surface area contributed by atoms with Gasteiger partial charge in [0.1, 0.15) is 0 Å². The van der Waals surface area contributed by atoms with Gasteiger partial charge in [0.05, 0.1) is 10.2 Å². The maximum absolute atomic E-state index is 12.6. The first-order valence-corrected chi connectivity index (χ1v) is 12.6. The zero-order valence-corrected chi connectivity index (χ0v) is 19.3. The molecule has 1 N–H and O–H groups in total. The largest absolute Gasteiger partial charge is 0.356 e. The van der Waals surface area contributed by atoms with Crippen LogP contribution in [0.1, 0.15) is 51.5 Å². The third kappa shape index (κ3) is 5.33. The third-order valence-corrected chi connectivity index (χ3v) is 7.76. The van der Waals surface area contributed by atoms with E-state index in [9.17, 15) is 4.79 Å². The molecular weight excluding hydrogens is 392 g/mol. The molecule has 0 spiro atoms. The molecule has 0 aliphatic carbocycles. The first kappa shape index (κ1) is 21.6. The molecule has 2 aromatic rings. The molecule has 0 saturated carbocycles. The normalized spacial score (nSPS) is 21.3. The summed E-state index contributed by atoms with van der Waals surface area (Å²) in [6.07, 6.45) is 6.64. The molecule has 2 saturated heterocycles. The van der Waals surface area contributed by atoms with Gasteiger partial charge in [0.25, 0.3) is 0 Å². The summed E-state index contributed by atoms with van der Waals surface area (Å²) in [5.74, 6) is 1.22. The highest BCUT2D eigenvalue weighted by Gasteiger charge is 2.26. The molecule has 6 heteroatoms. The third-order valence-electron chi connectivity index (χ3n) is 6.68. The Morgan fingerprint density at radius 1 is 1.23 bits per heavy atom. The highest BCUT2D eigenvalue weighted by molar-refractivity contribution is 7.22. The molecule has 1 aromatic heterocycles. The van der Waals surface area contributed by atoms with Crippen molar-refractivity contribution in [1.29, 1.82) is 0 Å². The van der Waals surface area contributed by atoms with Crippen LogP contribution in [-0.2, 0) is 11.2 Å². The first-order valence-electron chi connectivity index (χ1n) is 11.8. The van der Waals surface area contributed by atoms with Gasteiger partial charge in [0.15, 0.2) is 5.13 Å². The molecule has 30 heavy (non-hydrogen) atoms. The van der Waals surface area contributed by atoms with Gasteiger partial charge in [0.2, 0.25) is 5.91 Å². The van der Waals surface area contributed by atoms with Gasteiger partial charge in [0, 0.05) is 32.1 Å². The SMILES string of the molecule is CCc1ccc2nc(N3CCC(C(=O)NCCCN4CCCC(C)C4)CC3)sc2c1. The van der Waals surface area contributed by atoms with E-state index in [0.717, 1.165) is 68.4 Å². The van der Waals surface area contributed by atoms with Crippen LogP contribution in [-0.4, -0.2) is 55.1 Å². The Hall–Kier alpha value is -1.66. The van der Waals surface area contributed by atoms with E-state index in [4.69, 9.17) is 4.98 Å². The average Bonchev–Trinajstić information content (AvgIpc) is 3.20. The van der Waals surface area contributed by atoms with Crippen LogP contribution in [0.15, 0.2) is 18.2 Å². The number of fused-ring (bicyclic) bond motifs is 1. The second kappa shape index (κ2) is 10.1. The fraction of sp³-hybridized carbons (Fsp3) is 0.667. The molecule has 2 fully saturated rings. The molecule has 0 bridgehead atoms. The highest BCUT2D eigenvalue weighted by atomic mass is 32.1. The van der Waals surface area contributed by atoms with Crippen LogP contribution < -0.4 is 10.2 Å². The lowest BCUT2D eigenvalue weighted by atomic mass is 9.96. The Morgan fingerprint density at radius 3 is 2.83 bits per heavy atom. The number of carbonyl (C=O) groups excluding carboxylic acids is 1. The Bertz CT molecular complexity index is 843. The number of amides is 1. The molecule has 164 valence electrons. The molecule has 4 rings (SSSR count). The van der Waals surface area contributed by atoms with E-state index in [1.165, 1.54) is 36.2 Å². The number of aromatic nitrogens is 1. The average molecular weight is 429 g/mol. The maximum Gasteiger partial charge on any atom is 0.223 e. The van der Waals surface area contributed by atoms with Crippen molar-refractivity contribution in [2.24, 2.45) is 11.8 Å². The minimum absolute atomic E-state index is 0.150. The second-order valence-corrected chi connectivity index (χ2v) is 10.1. The van der Waals surface area contributed by atoms with E-state index in [1.807, 2.05) is 0 Å². The number of nitrogens with zero attached hydrogens (tertiary/aromatic N) is 3. The summed E-state index contributed by atoms with van der Waals surface area (Å²) in [5.41, 5.74) is 2.46. The second-order valence-electron chi connectivity index (χ2n) is 9.11. The van der Waals surface area contributed by atoms with Crippen LogP contribution in [0.5, 0.6) is 0 Å². The van der Waals surface area contributed by atoms with Gasteiger partial charge in [-0.1, -0.05) is 31.3 Å². The van der Waals surface area contributed by atoms with Crippen LogP contribution in [0.3, 0.4) is 0 Å². The molecule has 1 amide bonds. The van der Waals surface area contributed by atoms with Crippen molar-refractivity contribution in [3.8, 4) is 0 Å². The summed E-state index contributed by atoms with van der Waals surface area (Å²) in [6.45, 7) is 10.7. The summed E-state index contributed by atoms with van der Waals surface area (Å²) >= 11 is 1.78. The van der Waals surface area contributed by atoms with Crippen molar-refractivity contribution < 1.29 is 4.79 Å². The molecule has 5 nitrogen and oxygen atoms in total. The molecule has 2 aliphatic rings. The Balaban J connectivity index is 1.20. The lowest BCUT2D eigenvalue weighted by Crippen LogP contribution is -2.41. The van der Waals surface area contributed by atoms with Crippen molar-refractivity contribution in [2.45, 2.75) is 52.4 Å². The van der Waals surface area contributed by atoms with Gasteiger partial charge in [-0.15, -0.1) is 0 Å². The van der Waals surface area contributed by atoms with Crippen molar-refractivity contribution in [1.82, 2.24) is 15.2 Å². The number of rotatable bonds is 7. The summed E-state index contributed by atoms with van der Waals surface area (Å²) in [7, 11) is 0. The maximum atomic E-state index is 12.6. The van der Waals surface area contributed by atoms with Gasteiger partial charge in [-0.2, -0.15) is 0 Å². The van der Waals surface area contributed by atoms with Gasteiger partial charge < -0.3 is 15.1 Å². The van der Waals surface area contributed by atoms with E-state index in [1.54, 1.807) is 11.3 Å². The number of aryl methyl sites for hydroxylation is 1. The van der Waals surface area contributed by atoms with E-state index >= 15 is 0 Å². The van der Waals surface area contributed by atoms with Crippen molar-refractivity contribution in [3.05, 3.63) is 23.8 Å². The Labute approximate surface area is 184 Å². The van der Waals surface area contributed by atoms with Gasteiger partial charge in [-0.05, 0) is 75.2 Å². The molecule has 0 radical (unpaired) electrons. The van der Waals surface area contributed by atoms with Gasteiger partial charge >= 0.3 is 0 Å². The number of hydrogen-bond donors (Lipinski definition) is 1. The monoisotopic (exact) mass is 428 g/mol. The van der Waals surface area contributed by atoms with Gasteiger partial charge in [-0.25, -0.2) is 4.98 Å². The number of hydrogen-bond acceptors (Lipinski definition) is 5. The van der Waals surface area contributed by atoms with E-state index in [-0.39, 0.29) is 11.8 Å². The standard InChI is InChI=1S/C24H36N4OS/c1-3-19-7-8-21-22(16-19)30-24(26-21)28-14-9-20(10-15-28)23(29)25-11-5-13-27-12-4-6-18(2)17-27/h7-8,16,18,20H,3-6,9-15,17H2,1-2H3,(H,25,29). The summed E-state index contributed by atoms with van der Waals surface area (Å²) < 4.78 is 1.27. The van der Waals surface area contributed by atoms with E-state index in [2.05, 4.69) is 47.2 Å².